The minimum Gasteiger partial charge on any atom is -0.377 e. The number of nitrogens with one attached hydrogen (secondary N) is 2. The van der Waals surface area contributed by atoms with Crippen molar-refractivity contribution in [1.82, 2.24) is 20.2 Å². The quantitative estimate of drug-likeness (QED) is 0.384. The molecule has 106 valence electrons. The summed E-state index contributed by atoms with van der Waals surface area (Å²) in [5.41, 5.74) is 8.33. The number of carbonyl (C=O) groups excluding carboxylic acids is 1. The lowest BCUT2D eigenvalue weighted by atomic mass is 10.2. The Morgan fingerprint density at radius 3 is 3.15 bits per heavy atom. The number of aromatic nitrogens is 4. The van der Waals surface area contributed by atoms with E-state index in [9.17, 15) is 4.79 Å². The van der Waals surface area contributed by atoms with Crippen molar-refractivity contribution < 1.29 is 9.53 Å². The number of hydrogen-bond donors (Lipinski definition) is 4. The number of morpholine rings is 1. The molecule has 0 aliphatic carbocycles. The zero-order chi connectivity index (χ0) is 14.1. The first-order valence-corrected chi connectivity index (χ1v) is 6.02. The molecule has 20 heavy (non-hydrogen) atoms. The summed E-state index contributed by atoms with van der Waals surface area (Å²) in [7, 11) is 0. The number of carbonyl (C=O) groups is 1. The lowest BCUT2D eigenvalue weighted by molar-refractivity contribution is -0.121. The van der Waals surface area contributed by atoms with E-state index in [1.54, 1.807) is 11.1 Å². The summed E-state index contributed by atoms with van der Waals surface area (Å²) in [5, 5.41) is 7.37. The second-order valence-corrected chi connectivity index (χ2v) is 4.33. The molecular formula is C10H14N8O2. The second-order valence-electron chi connectivity index (χ2n) is 4.33. The van der Waals surface area contributed by atoms with Gasteiger partial charge in [0.25, 0.3) is 0 Å². The van der Waals surface area contributed by atoms with Crippen LogP contribution in [-0.2, 0) is 9.53 Å². The molecule has 2 aromatic heterocycles. The number of ether oxygens (including phenoxy) is 1. The van der Waals surface area contributed by atoms with Crippen molar-refractivity contribution in [2.24, 2.45) is 11.6 Å². The summed E-state index contributed by atoms with van der Waals surface area (Å²) in [6, 6.07) is -0.581. The van der Waals surface area contributed by atoms with Crippen LogP contribution in [0.25, 0.3) is 11.0 Å². The number of hydrazine groups is 1. The molecule has 0 bridgehead atoms. The Labute approximate surface area is 113 Å². The first-order valence-electron chi connectivity index (χ1n) is 6.02. The van der Waals surface area contributed by atoms with Gasteiger partial charge < -0.3 is 15.4 Å². The van der Waals surface area contributed by atoms with E-state index in [2.05, 4.69) is 25.6 Å². The van der Waals surface area contributed by atoms with Crippen molar-refractivity contribution in [2.75, 3.05) is 30.1 Å². The van der Waals surface area contributed by atoms with Crippen LogP contribution in [0.5, 0.6) is 0 Å². The molecule has 1 saturated heterocycles. The number of anilines is 2. The van der Waals surface area contributed by atoms with E-state index in [1.807, 2.05) is 0 Å². The molecule has 0 spiro atoms. The van der Waals surface area contributed by atoms with Crippen LogP contribution in [0.2, 0.25) is 0 Å². The standard InChI is InChI=1S/C10H14N8O2/c11-7(19)6-4-20-2-1-18(6)9-5-3-13-17-8(5)14-10(15-9)16-12/h3,6H,1-2,4,12H2,(H2,11,19)(H2,13,14,15,16,17). The molecule has 1 unspecified atom stereocenters. The first kappa shape index (κ1) is 12.6. The largest absolute Gasteiger partial charge is 0.377 e. The van der Waals surface area contributed by atoms with E-state index < -0.39 is 11.9 Å². The third-order valence-corrected chi connectivity index (χ3v) is 3.15. The molecule has 3 rings (SSSR count). The maximum absolute atomic E-state index is 11.6. The number of nitrogens with zero attached hydrogens (tertiary/aromatic N) is 4. The molecule has 1 amide bonds. The molecule has 1 aliphatic heterocycles. The molecule has 0 aromatic carbocycles. The highest BCUT2D eigenvalue weighted by Gasteiger charge is 2.30. The minimum atomic E-state index is -0.581. The van der Waals surface area contributed by atoms with E-state index in [0.717, 1.165) is 0 Å². The van der Waals surface area contributed by atoms with Crippen LogP contribution in [0.1, 0.15) is 0 Å². The molecule has 0 radical (unpaired) electrons. The van der Waals surface area contributed by atoms with Gasteiger partial charge in [0.2, 0.25) is 11.9 Å². The van der Waals surface area contributed by atoms with E-state index in [4.69, 9.17) is 16.3 Å². The molecule has 10 nitrogen and oxygen atoms in total. The lowest BCUT2D eigenvalue weighted by Gasteiger charge is -2.34. The van der Waals surface area contributed by atoms with E-state index in [1.165, 1.54) is 0 Å². The van der Waals surface area contributed by atoms with Gasteiger partial charge >= 0.3 is 0 Å². The number of primary amides is 1. The smallest absolute Gasteiger partial charge is 0.242 e. The maximum atomic E-state index is 11.6. The molecule has 2 aromatic rings. The normalized spacial score (nSPS) is 19.2. The van der Waals surface area contributed by atoms with Crippen LogP contribution in [0, 0.1) is 0 Å². The predicted molar refractivity (Wildman–Crippen MR) is 70.6 cm³/mol. The summed E-state index contributed by atoms with van der Waals surface area (Å²) < 4.78 is 5.30. The van der Waals surface area contributed by atoms with Gasteiger partial charge in [-0.15, -0.1) is 0 Å². The third-order valence-electron chi connectivity index (χ3n) is 3.15. The number of amides is 1. The Morgan fingerprint density at radius 2 is 2.40 bits per heavy atom. The number of nitrogens with two attached hydrogens (primary N) is 2. The fourth-order valence-electron chi connectivity index (χ4n) is 2.20. The van der Waals surface area contributed by atoms with Crippen molar-refractivity contribution in [2.45, 2.75) is 6.04 Å². The second kappa shape index (κ2) is 4.90. The monoisotopic (exact) mass is 278 g/mol. The van der Waals surface area contributed by atoms with Crippen LogP contribution >= 0.6 is 0 Å². The maximum Gasteiger partial charge on any atom is 0.242 e. The molecule has 0 saturated carbocycles. The van der Waals surface area contributed by atoms with E-state index in [-0.39, 0.29) is 12.6 Å². The molecular weight excluding hydrogens is 264 g/mol. The number of hydrogen-bond acceptors (Lipinski definition) is 8. The average molecular weight is 278 g/mol. The summed E-state index contributed by atoms with van der Waals surface area (Å²) >= 11 is 0. The summed E-state index contributed by atoms with van der Waals surface area (Å²) in [6.07, 6.45) is 1.60. The highest BCUT2D eigenvalue weighted by atomic mass is 16.5. The topological polar surface area (TPSA) is 148 Å². The summed E-state index contributed by atoms with van der Waals surface area (Å²) in [4.78, 5) is 21.8. The molecule has 1 atom stereocenters. The van der Waals surface area contributed by atoms with Gasteiger partial charge in [-0.2, -0.15) is 15.1 Å². The van der Waals surface area contributed by atoms with Gasteiger partial charge in [0.05, 0.1) is 24.8 Å². The Morgan fingerprint density at radius 1 is 1.55 bits per heavy atom. The molecule has 3 heterocycles. The Hall–Kier alpha value is -2.46. The molecule has 10 heteroatoms. The highest BCUT2D eigenvalue weighted by Crippen LogP contribution is 2.26. The lowest BCUT2D eigenvalue weighted by Crippen LogP contribution is -2.53. The van der Waals surface area contributed by atoms with Gasteiger partial charge in [-0.1, -0.05) is 0 Å². The van der Waals surface area contributed by atoms with Crippen LogP contribution < -0.4 is 21.9 Å². The zero-order valence-corrected chi connectivity index (χ0v) is 10.5. The van der Waals surface area contributed by atoms with Crippen LogP contribution in [0.15, 0.2) is 6.20 Å². The Bertz CT molecular complexity index is 641. The number of fused-ring (bicyclic) bond motifs is 1. The third kappa shape index (κ3) is 2.00. The summed E-state index contributed by atoms with van der Waals surface area (Å²) in [6.45, 7) is 1.21. The Kier molecular flexibility index (Phi) is 3.08. The van der Waals surface area contributed by atoms with Gasteiger partial charge in [0, 0.05) is 6.54 Å². The van der Waals surface area contributed by atoms with Gasteiger partial charge in [0.15, 0.2) is 5.65 Å². The zero-order valence-electron chi connectivity index (χ0n) is 10.5. The van der Waals surface area contributed by atoms with Crippen LogP contribution in [0.3, 0.4) is 0 Å². The fourth-order valence-corrected chi connectivity index (χ4v) is 2.20. The molecule has 6 N–H and O–H groups in total. The average Bonchev–Trinajstić information content (AvgIpc) is 2.94. The van der Waals surface area contributed by atoms with Crippen molar-refractivity contribution in [1.29, 1.82) is 0 Å². The minimum absolute atomic E-state index is 0.226. The number of H-pyrrole nitrogens is 1. The molecule has 1 fully saturated rings. The Balaban J connectivity index is 2.11. The van der Waals surface area contributed by atoms with Crippen molar-refractivity contribution in [3.63, 3.8) is 0 Å². The van der Waals surface area contributed by atoms with Gasteiger partial charge in [0.1, 0.15) is 11.9 Å². The van der Waals surface area contributed by atoms with Crippen molar-refractivity contribution >= 4 is 28.7 Å². The van der Waals surface area contributed by atoms with Crippen molar-refractivity contribution in [3.8, 4) is 0 Å². The number of aromatic amines is 1. The first-order chi connectivity index (χ1) is 9.70. The number of rotatable bonds is 3. The SMILES string of the molecule is NNc1nc(N2CCOCC2C(N)=O)c2cn[nH]c2n1. The van der Waals surface area contributed by atoms with Gasteiger partial charge in [-0.3, -0.25) is 15.3 Å². The van der Waals surface area contributed by atoms with Crippen LogP contribution in [-0.4, -0.2) is 51.9 Å². The van der Waals surface area contributed by atoms with E-state index >= 15 is 0 Å². The van der Waals surface area contributed by atoms with E-state index in [0.29, 0.717) is 30.0 Å². The predicted octanol–water partition coefficient (Wildman–Crippen LogP) is -1.67. The fraction of sp³-hybridized carbons (Fsp3) is 0.400. The highest BCUT2D eigenvalue weighted by molar-refractivity contribution is 5.91. The van der Waals surface area contributed by atoms with Gasteiger partial charge in [-0.25, -0.2) is 5.84 Å². The van der Waals surface area contributed by atoms with Crippen LogP contribution in [0.4, 0.5) is 11.8 Å². The molecule has 1 aliphatic rings. The summed E-state index contributed by atoms with van der Waals surface area (Å²) in [5.74, 6) is 5.66. The van der Waals surface area contributed by atoms with Gasteiger partial charge in [-0.05, 0) is 0 Å². The van der Waals surface area contributed by atoms with Crippen molar-refractivity contribution in [3.05, 3.63) is 6.20 Å². The number of nitrogen functional groups attached to an aromatic ring is 1.